The predicted molar refractivity (Wildman–Crippen MR) is 116 cm³/mol. The molecule has 0 radical (unpaired) electrons. The Kier molecular flexibility index (Phi) is 5.46. The molecule has 2 heterocycles. The van der Waals surface area contributed by atoms with Crippen LogP contribution in [0.5, 0.6) is 17.2 Å². The highest BCUT2D eigenvalue weighted by atomic mass is 19.1. The number of urea groups is 1. The lowest BCUT2D eigenvalue weighted by Crippen LogP contribution is -2.32. The number of nitrogens with one attached hydrogen (secondary N) is 3. The van der Waals surface area contributed by atoms with Crippen molar-refractivity contribution in [2.24, 2.45) is 11.8 Å². The van der Waals surface area contributed by atoms with Gasteiger partial charge in [0.1, 0.15) is 23.1 Å². The number of nitrogens with two attached hydrogens (primary N) is 1. The number of rotatable bonds is 5. The Morgan fingerprint density at radius 2 is 1.76 bits per heavy atom. The first kappa shape index (κ1) is 21.6. The molecule has 2 aliphatic rings. The number of halogens is 2. The summed E-state index contributed by atoms with van der Waals surface area (Å²) in [7, 11) is 0. The van der Waals surface area contributed by atoms with Gasteiger partial charge in [0.2, 0.25) is 0 Å². The number of aromatic nitrogens is 1. The number of amides is 3. The Bertz CT molecular complexity index is 1250. The third-order valence-electron chi connectivity index (χ3n) is 5.78. The number of ether oxygens (including phenoxy) is 2. The fourth-order valence-electron chi connectivity index (χ4n) is 4.07. The van der Waals surface area contributed by atoms with Crippen LogP contribution in [0, 0.1) is 17.6 Å². The van der Waals surface area contributed by atoms with Crippen molar-refractivity contribution < 1.29 is 27.8 Å². The molecule has 3 atom stereocenters. The minimum absolute atomic E-state index is 0.0829. The van der Waals surface area contributed by atoms with Gasteiger partial charge in [0.15, 0.2) is 11.6 Å². The van der Waals surface area contributed by atoms with E-state index in [4.69, 9.17) is 15.3 Å². The van der Waals surface area contributed by atoms with Gasteiger partial charge in [-0.15, -0.1) is 0 Å². The van der Waals surface area contributed by atoms with E-state index in [1.807, 2.05) is 5.43 Å². The maximum absolute atomic E-state index is 14.2. The number of pyridine rings is 1. The normalized spacial score (nSPS) is 19.7. The van der Waals surface area contributed by atoms with E-state index in [9.17, 15) is 18.4 Å². The van der Waals surface area contributed by atoms with Crippen LogP contribution in [0.4, 0.5) is 19.4 Å². The molecule has 2 aromatic carbocycles. The average molecular weight is 467 g/mol. The topological polar surface area (TPSA) is 128 Å². The Morgan fingerprint density at radius 1 is 1.03 bits per heavy atom. The lowest BCUT2D eigenvalue weighted by atomic mass is 10.0. The van der Waals surface area contributed by atoms with E-state index in [1.165, 1.54) is 6.20 Å². The number of nitrogen functional groups attached to an aromatic ring is 1. The Morgan fingerprint density at radius 3 is 2.47 bits per heavy atom. The molecule has 3 aromatic rings. The molecule has 0 bridgehead atoms. The van der Waals surface area contributed by atoms with Crippen LogP contribution in [-0.2, 0) is 0 Å². The number of fused-ring (bicyclic) bond motifs is 3. The van der Waals surface area contributed by atoms with Crippen LogP contribution in [0.3, 0.4) is 0 Å². The summed E-state index contributed by atoms with van der Waals surface area (Å²) in [6.45, 7) is 0.200. The molecule has 1 aromatic heterocycles. The number of hydrogen-bond acceptors (Lipinski definition) is 6. The minimum atomic E-state index is -0.617. The van der Waals surface area contributed by atoms with E-state index in [0.29, 0.717) is 17.1 Å². The summed E-state index contributed by atoms with van der Waals surface area (Å²) in [6, 6.07) is 10.7. The zero-order valence-electron chi connectivity index (χ0n) is 17.5. The molecule has 9 nitrogen and oxygen atoms in total. The molecule has 5 N–H and O–H groups in total. The monoisotopic (exact) mass is 467 g/mol. The molecule has 34 heavy (non-hydrogen) atoms. The number of hydrazine groups is 1. The van der Waals surface area contributed by atoms with Gasteiger partial charge in [0.05, 0.1) is 12.8 Å². The summed E-state index contributed by atoms with van der Waals surface area (Å²) in [5, 5.41) is 5.38. The van der Waals surface area contributed by atoms with Crippen molar-refractivity contribution in [3.05, 3.63) is 77.5 Å². The van der Waals surface area contributed by atoms with Gasteiger partial charge in [-0.1, -0.05) is 0 Å². The van der Waals surface area contributed by atoms with Crippen LogP contribution >= 0.6 is 0 Å². The summed E-state index contributed by atoms with van der Waals surface area (Å²) in [4.78, 5) is 28.0. The van der Waals surface area contributed by atoms with Gasteiger partial charge in [-0.05, 0) is 48.5 Å². The van der Waals surface area contributed by atoms with E-state index in [0.717, 1.165) is 12.1 Å². The molecular weight excluding hydrogens is 448 g/mol. The van der Waals surface area contributed by atoms with Crippen molar-refractivity contribution in [2.45, 2.75) is 12.0 Å². The second-order valence-electron chi connectivity index (χ2n) is 7.88. The molecule has 5 rings (SSSR count). The zero-order valence-corrected chi connectivity index (χ0v) is 17.5. The van der Waals surface area contributed by atoms with Crippen LogP contribution in [0.2, 0.25) is 0 Å². The standard InChI is InChI=1S/C23H19F2N5O4/c24-15-6-7-16(25)21-19(15)18-14(10-33-21)20(18)29-23(32)28-17-8-5-13(9-27-17)34-12-3-1-11(2-4-12)22(31)30-26/h1-9,14,18,20H,10,26H2,(H,30,31)(H2,27,28,29,32)/t14-,18-,20-/m1/s1. The fourth-order valence-corrected chi connectivity index (χ4v) is 4.07. The summed E-state index contributed by atoms with van der Waals surface area (Å²) in [5.74, 6) is 4.15. The van der Waals surface area contributed by atoms with E-state index in [1.54, 1.807) is 36.4 Å². The SMILES string of the molecule is NNC(=O)c1ccc(Oc2ccc(NC(=O)N[C@@H]3[C@@H]4COc5c(F)ccc(F)c5[C@@H]43)nc2)cc1. The van der Waals surface area contributed by atoms with E-state index in [2.05, 4.69) is 15.6 Å². The van der Waals surface area contributed by atoms with Gasteiger partial charge in [0, 0.05) is 29.0 Å². The first-order valence-corrected chi connectivity index (χ1v) is 10.4. The zero-order chi connectivity index (χ0) is 23.8. The Hall–Kier alpha value is -4.25. The predicted octanol–water partition coefficient (Wildman–Crippen LogP) is 3.05. The highest BCUT2D eigenvalue weighted by Gasteiger charge is 2.57. The largest absolute Gasteiger partial charge is 0.490 e. The van der Waals surface area contributed by atoms with Gasteiger partial charge in [-0.2, -0.15) is 0 Å². The van der Waals surface area contributed by atoms with Crippen LogP contribution in [0.25, 0.3) is 0 Å². The third-order valence-corrected chi connectivity index (χ3v) is 5.78. The summed E-state index contributed by atoms with van der Waals surface area (Å²) < 4.78 is 39.2. The van der Waals surface area contributed by atoms with Crippen LogP contribution < -0.4 is 31.4 Å². The molecule has 11 heteroatoms. The lowest BCUT2D eigenvalue weighted by Gasteiger charge is -2.16. The Balaban J connectivity index is 1.17. The minimum Gasteiger partial charge on any atom is -0.490 e. The molecule has 1 saturated carbocycles. The number of anilines is 1. The first-order chi connectivity index (χ1) is 16.4. The smallest absolute Gasteiger partial charge is 0.320 e. The third kappa shape index (κ3) is 4.08. The van der Waals surface area contributed by atoms with Crippen molar-refractivity contribution in [1.82, 2.24) is 15.7 Å². The highest BCUT2D eigenvalue weighted by Crippen LogP contribution is 2.55. The summed E-state index contributed by atoms with van der Waals surface area (Å²) in [5.41, 5.74) is 2.59. The number of carbonyl (C=O) groups is 2. The van der Waals surface area contributed by atoms with Crippen molar-refractivity contribution >= 4 is 17.8 Å². The second kappa shape index (κ2) is 8.60. The molecule has 3 amide bonds. The van der Waals surface area contributed by atoms with Crippen LogP contribution in [-0.4, -0.2) is 29.6 Å². The summed E-state index contributed by atoms with van der Waals surface area (Å²) in [6.07, 6.45) is 1.43. The lowest BCUT2D eigenvalue weighted by molar-refractivity contribution is 0.0953. The van der Waals surface area contributed by atoms with Crippen LogP contribution in [0.15, 0.2) is 54.7 Å². The van der Waals surface area contributed by atoms with Gasteiger partial charge in [0.25, 0.3) is 5.91 Å². The molecule has 0 unspecified atom stereocenters. The summed E-state index contributed by atoms with van der Waals surface area (Å²) >= 11 is 0. The number of nitrogens with zero attached hydrogens (tertiary/aromatic N) is 1. The van der Waals surface area contributed by atoms with Gasteiger partial charge in [-0.3, -0.25) is 15.5 Å². The fraction of sp³-hybridized carbons (Fsp3) is 0.174. The maximum Gasteiger partial charge on any atom is 0.320 e. The molecule has 1 aliphatic heterocycles. The van der Waals surface area contributed by atoms with Crippen molar-refractivity contribution in [3.63, 3.8) is 0 Å². The number of carbonyl (C=O) groups excluding carboxylic acids is 2. The molecule has 1 aliphatic carbocycles. The van der Waals surface area contributed by atoms with E-state index < -0.39 is 23.6 Å². The maximum atomic E-state index is 14.2. The Labute approximate surface area is 192 Å². The molecule has 174 valence electrons. The second-order valence-corrected chi connectivity index (χ2v) is 7.88. The van der Waals surface area contributed by atoms with Gasteiger partial charge >= 0.3 is 6.03 Å². The highest BCUT2D eigenvalue weighted by molar-refractivity contribution is 5.93. The van der Waals surface area contributed by atoms with Gasteiger partial charge < -0.3 is 14.8 Å². The van der Waals surface area contributed by atoms with E-state index in [-0.39, 0.29) is 41.6 Å². The number of benzene rings is 2. The van der Waals surface area contributed by atoms with Crippen LogP contribution in [0.1, 0.15) is 21.8 Å². The number of hydrogen-bond donors (Lipinski definition) is 4. The van der Waals surface area contributed by atoms with Gasteiger partial charge in [-0.25, -0.2) is 24.4 Å². The average Bonchev–Trinajstić information content (AvgIpc) is 3.54. The molecular formula is C23H19F2N5O4. The molecule has 0 saturated heterocycles. The first-order valence-electron chi connectivity index (χ1n) is 10.4. The van der Waals surface area contributed by atoms with E-state index >= 15 is 0 Å². The molecule has 1 fully saturated rings. The van der Waals surface area contributed by atoms with Crippen molar-refractivity contribution in [1.29, 1.82) is 0 Å². The van der Waals surface area contributed by atoms with Crippen molar-refractivity contribution in [3.8, 4) is 17.2 Å². The quantitative estimate of drug-likeness (QED) is 0.260. The molecule has 0 spiro atoms. The van der Waals surface area contributed by atoms with Crippen molar-refractivity contribution in [2.75, 3.05) is 11.9 Å².